The summed E-state index contributed by atoms with van der Waals surface area (Å²) < 4.78 is 7.00. The number of ether oxygens (including phenoxy) is 1. The van der Waals surface area contributed by atoms with Gasteiger partial charge in [0.25, 0.3) is 5.91 Å². The quantitative estimate of drug-likeness (QED) is 0.453. The summed E-state index contributed by atoms with van der Waals surface area (Å²) in [4.78, 5) is 26.8. The summed E-state index contributed by atoms with van der Waals surface area (Å²) in [5.74, 6) is -0.432. The molecule has 4 aromatic rings. The molecule has 3 aromatic carbocycles. The first-order valence-corrected chi connectivity index (χ1v) is 11.6. The van der Waals surface area contributed by atoms with Crippen LogP contribution < -0.4 is 4.74 Å². The number of rotatable bonds is 6. The van der Waals surface area contributed by atoms with Crippen molar-refractivity contribution in [1.29, 1.82) is 0 Å². The molecule has 5 rings (SSSR count). The number of aromatic nitrogens is 2. The monoisotopic (exact) mass is 469 g/mol. The van der Waals surface area contributed by atoms with Crippen LogP contribution in [0.25, 0.3) is 10.9 Å². The van der Waals surface area contributed by atoms with Crippen molar-refractivity contribution < 1.29 is 19.4 Å². The number of carbonyl (C=O) groups is 2. The number of methoxy groups -OCH3 is 1. The van der Waals surface area contributed by atoms with Crippen LogP contribution in [0.3, 0.4) is 0 Å². The molecule has 1 unspecified atom stereocenters. The fraction of sp³-hybridized carbons (Fsp3) is 0.250. The molecule has 1 atom stereocenters. The molecule has 0 saturated carbocycles. The molecule has 7 heteroatoms. The summed E-state index contributed by atoms with van der Waals surface area (Å²) in [6.45, 7) is 1.08. The van der Waals surface area contributed by atoms with Crippen LogP contribution in [0, 0.1) is 0 Å². The SMILES string of the molecule is COc1ccc(C(=O)N2CCc3c(cccc3C(CC(=O)O)c3ccc4c(cnn4C)c3)C2)cc1. The van der Waals surface area contributed by atoms with E-state index in [0.29, 0.717) is 30.8 Å². The van der Waals surface area contributed by atoms with Gasteiger partial charge in [0.1, 0.15) is 5.75 Å². The number of benzene rings is 3. The maximum atomic E-state index is 13.1. The molecule has 35 heavy (non-hydrogen) atoms. The second-order valence-electron chi connectivity index (χ2n) is 8.93. The minimum absolute atomic E-state index is 0.00326. The molecule has 0 spiro atoms. The Balaban J connectivity index is 1.46. The molecule has 1 amide bonds. The van der Waals surface area contributed by atoms with E-state index in [1.54, 1.807) is 37.6 Å². The minimum Gasteiger partial charge on any atom is -0.497 e. The van der Waals surface area contributed by atoms with Crippen molar-refractivity contribution in [1.82, 2.24) is 14.7 Å². The third-order valence-electron chi connectivity index (χ3n) is 6.85. The third kappa shape index (κ3) is 4.37. The van der Waals surface area contributed by atoms with Crippen LogP contribution in [-0.4, -0.2) is 45.3 Å². The van der Waals surface area contributed by atoms with E-state index in [-0.39, 0.29) is 18.2 Å². The highest BCUT2D eigenvalue weighted by Gasteiger charge is 2.27. The van der Waals surface area contributed by atoms with Crippen LogP contribution in [0.4, 0.5) is 0 Å². The molecule has 7 nitrogen and oxygen atoms in total. The van der Waals surface area contributed by atoms with Crippen LogP contribution in [0.15, 0.2) is 66.9 Å². The number of nitrogens with zero attached hydrogens (tertiary/aromatic N) is 3. The van der Waals surface area contributed by atoms with Crippen molar-refractivity contribution in [3.05, 3.63) is 94.7 Å². The van der Waals surface area contributed by atoms with Crippen molar-refractivity contribution in [3.63, 3.8) is 0 Å². The molecule has 0 fully saturated rings. The molecule has 2 heterocycles. The second-order valence-corrected chi connectivity index (χ2v) is 8.93. The lowest BCUT2D eigenvalue weighted by Gasteiger charge is -2.32. The largest absolute Gasteiger partial charge is 0.497 e. The topological polar surface area (TPSA) is 84.7 Å². The first kappa shape index (κ1) is 22.7. The summed E-state index contributed by atoms with van der Waals surface area (Å²) in [6.07, 6.45) is 2.48. The Kier molecular flexibility index (Phi) is 5.99. The van der Waals surface area contributed by atoms with Crippen molar-refractivity contribution in [2.45, 2.75) is 25.3 Å². The van der Waals surface area contributed by atoms with Crippen molar-refractivity contribution in [2.75, 3.05) is 13.7 Å². The molecule has 178 valence electrons. The Bertz CT molecular complexity index is 1410. The van der Waals surface area contributed by atoms with Gasteiger partial charge in [0.05, 0.1) is 25.2 Å². The van der Waals surface area contributed by atoms with E-state index in [1.165, 1.54) is 0 Å². The first-order valence-electron chi connectivity index (χ1n) is 11.6. The number of carboxylic acids is 1. The smallest absolute Gasteiger partial charge is 0.304 e. The van der Waals surface area contributed by atoms with Crippen LogP contribution >= 0.6 is 0 Å². The lowest BCUT2D eigenvalue weighted by molar-refractivity contribution is -0.137. The average molecular weight is 470 g/mol. The molecule has 0 saturated heterocycles. The van der Waals surface area contributed by atoms with Gasteiger partial charge < -0.3 is 14.7 Å². The van der Waals surface area contributed by atoms with Gasteiger partial charge in [0.15, 0.2) is 0 Å². The molecule has 0 bridgehead atoms. The van der Waals surface area contributed by atoms with Gasteiger partial charge in [-0.25, -0.2) is 0 Å². The molecule has 1 aliphatic heterocycles. The number of aliphatic carboxylic acids is 1. The van der Waals surface area contributed by atoms with Gasteiger partial charge in [0, 0.05) is 37.0 Å². The summed E-state index contributed by atoms with van der Waals surface area (Å²) in [7, 11) is 3.49. The predicted molar refractivity (Wildman–Crippen MR) is 133 cm³/mol. The van der Waals surface area contributed by atoms with Gasteiger partial charge in [-0.15, -0.1) is 0 Å². The van der Waals surface area contributed by atoms with Gasteiger partial charge in [-0.2, -0.15) is 5.10 Å². The number of hydrogen-bond donors (Lipinski definition) is 1. The Labute approximate surface area is 203 Å². The lowest BCUT2D eigenvalue weighted by Crippen LogP contribution is -2.36. The fourth-order valence-electron chi connectivity index (χ4n) is 5.04. The van der Waals surface area contributed by atoms with Crippen LogP contribution in [0.2, 0.25) is 0 Å². The zero-order valence-electron chi connectivity index (χ0n) is 19.8. The van der Waals surface area contributed by atoms with E-state index in [2.05, 4.69) is 5.10 Å². The van der Waals surface area contributed by atoms with E-state index in [9.17, 15) is 14.7 Å². The Hall–Kier alpha value is -4.13. The second kappa shape index (κ2) is 9.25. The van der Waals surface area contributed by atoms with Gasteiger partial charge in [-0.1, -0.05) is 24.3 Å². The van der Waals surface area contributed by atoms with Gasteiger partial charge in [-0.05, 0) is 65.1 Å². The standard InChI is InChI=1S/C28H27N3O4/c1-30-26-11-8-19(14-21(26)16-29-30)25(15-27(32)33)24-5-3-4-20-17-31(13-12-23(20)24)28(34)18-6-9-22(35-2)10-7-18/h3-11,14,16,25H,12-13,15,17H2,1-2H3,(H,32,33). The van der Waals surface area contributed by atoms with Crippen molar-refractivity contribution in [2.24, 2.45) is 7.05 Å². The highest BCUT2D eigenvalue weighted by molar-refractivity contribution is 5.94. The van der Waals surface area contributed by atoms with E-state index in [4.69, 9.17) is 4.74 Å². The lowest BCUT2D eigenvalue weighted by atomic mass is 9.82. The molecule has 1 N–H and O–H groups in total. The number of carbonyl (C=O) groups excluding carboxylic acids is 1. The normalized spacial score (nSPS) is 13.9. The molecule has 0 aliphatic carbocycles. The molecule has 1 aliphatic rings. The summed E-state index contributed by atoms with van der Waals surface area (Å²) >= 11 is 0. The van der Waals surface area contributed by atoms with Crippen LogP contribution in [0.5, 0.6) is 5.75 Å². The number of amides is 1. The predicted octanol–water partition coefficient (Wildman–Crippen LogP) is 4.39. The molecule has 1 aromatic heterocycles. The number of aryl methyl sites for hydroxylation is 1. The first-order chi connectivity index (χ1) is 16.9. The minimum atomic E-state index is -0.842. The molecular formula is C28H27N3O4. The number of fused-ring (bicyclic) bond motifs is 2. The highest BCUT2D eigenvalue weighted by atomic mass is 16.5. The van der Waals surface area contributed by atoms with Crippen LogP contribution in [-0.2, 0) is 24.8 Å². The molecular weight excluding hydrogens is 442 g/mol. The fourth-order valence-corrected chi connectivity index (χ4v) is 5.04. The summed E-state index contributed by atoms with van der Waals surface area (Å²) in [6, 6.07) is 19.2. The van der Waals surface area contributed by atoms with Gasteiger partial charge in [0.2, 0.25) is 0 Å². The third-order valence-corrected chi connectivity index (χ3v) is 6.85. The highest BCUT2D eigenvalue weighted by Crippen LogP contribution is 2.35. The zero-order chi connectivity index (χ0) is 24.5. The summed E-state index contributed by atoms with van der Waals surface area (Å²) in [5, 5.41) is 15.0. The summed E-state index contributed by atoms with van der Waals surface area (Å²) in [5.41, 5.74) is 5.81. The van der Waals surface area contributed by atoms with Gasteiger partial charge >= 0.3 is 5.97 Å². The van der Waals surface area contributed by atoms with E-state index in [1.807, 2.05) is 53.0 Å². The maximum Gasteiger partial charge on any atom is 0.304 e. The van der Waals surface area contributed by atoms with Gasteiger partial charge in [-0.3, -0.25) is 14.3 Å². The number of hydrogen-bond acceptors (Lipinski definition) is 4. The van der Waals surface area contributed by atoms with E-state index >= 15 is 0 Å². The Morgan fingerprint density at radius 3 is 2.66 bits per heavy atom. The molecule has 0 radical (unpaired) electrons. The van der Waals surface area contributed by atoms with Crippen LogP contribution in [0.1, 0.15) is 45.0 Å². The Morgan fingerprint density at radius 1 is 1.11 bits per heavy atom. The van der Waals surface area contributed by atoms with E-state index in [0.717, 1.165) is 33.2 Å². The van der Waals surface area contributed by atoms with Crippen molar-refractivity contribution >= 4 is 22.8 Å². The Morgan fingerprint density at radius 2 is 1.91 bits per heavy atom. The maximum absolute atomic E-state index is 13.1. The zero-order valence-corrected chi connectivity index (χ0v) is 19.8. The number of carboxylic acid groups (broad SMARTS) is 1. The average Bonchev–Trinajstić information content (AvgIpc) is 3.26. The van der Waals surface area contributed by atoms with Crippen molar-refractivity contribution in [3.8, 4) is 5.75 Å². The van der Waals surface area contributed by atoms with E-state index < -0.39 is 5.97 Å².